The lowest BCUT2D eigenvalue weighted by Crippen LogP contribution is -2.55. The normalized spacial score (nSPS) is 46.0. The molecular formula is C24H34O3. The van der Waals surface area contributed by atoms with Crippen LogP contribution in [0, 0.1) is 28.6 Å². The lowest BCUT2D eigenvalue weighted by Gasteiger charge is -2.58. The van der Waals surface area contributed by atoms with E-state index >= 15 is 0 Å². The monoisotopic (exact) mass is 370 g/mol. The molecule has 4 rings (SSSR count). The van der Waals surface area contributed by atoms with E-state index in [0.717, 1.165) is 38.5 Å². The Kier molecular flexibility index (Phi) is 4.25. The van der Waals surface area contributed by atoms with Gasteiger partial charge in [-0.3, -0.25) is 9.59 Å². The second kappa shape index (κ2) is 6.06. The van der Waals surface area contributed by atoms with Crippen LogP contribution < -0.4 is 0 Å². The molecular weight excluding hydrogens is 336 g/mol. The summed E-state index contributed by atoms with van der Waals surface area (Å²) in [6, 6.07) is 0. The standard InChI is InChI=1S/C24H34O3/c1-6-24(27-16(3)25)12-9-20-18-13-15(2)21-14-17(26)7-10-22(21,4)19(18)8-11-23(20,24)5/h13-14,18-20H,6-12H2,1-5H3/t18?,19?,20?,22-,23+,24-/m1/s1. The van der Waals surface area contributed by atoms with Gasteiger partial charge in [0.05, 0.1) is 0 Å². The van der Waals surface area contributed by atoms with Gasteiger partial charge in [0.2, 0.25) is 0 Å². The lowest BCUT2D eigenvalue weighted by molar-refractivity contribution is -0.180. The minimum atomic E-state index is -0.310. The van der Waals surface area contributed by atoms with E-state index in [-0.39, 0.29) is 28.2 Å². The van der Waals surface area contributed by atoms with Crippen molar-refractivity contribution in [1.29, 1.82) is 0 Å². The van der Waals surface area contributed by atoms with Gasteiger partial charge in [-0.15, -0.1) is 0 Å². The molecule has 0 aromatic heterocycles. The summed E-state index contributed by atoms with van der Waals surface area (Å²) in [4.78, 5) is 24.0. The summed E-state index contributed by atoms with van der Waals surface area (Å²) in [6.45, 7) is 10.7. The summed E-state index contributed by atoms with van der Waals surface area (Å²) in [5.74, 6) is 1.84. The Bertz CT molecular complexity index is 747. The third-order valence-corrected chi connectivity index (χ3v) is 9.03. The van der Waals surface area contributed by atoms with E-state index in [2.05, 4.69) is 33.8 Å². The van der Waals surface area contributed by atoms with E-state index in [0.29, 0.717) is 24.2 Å². The van der Waals surface area contributed by atoms with Crippen LogP contribution in [0.5, 0.6) is 0 Å². The minimum absolute atomic E-state index is 0.0490. The van der Waals surface area contributed by atoms with Crippen molar-refractivity contribution >= 4 is 11.8 Å². The quantitative estimate of drug-likeness (QED) is 0.612. The molecule has 4 aliphatic rings. The minimum Gasteiger partial charge on any atom is -0.459 e. The average Bonchev–Trinajstić information content (AvgIpc) is 2.89. The van der Waals surface area contributed by atoms with Gasteiger partial charge in [0.15, 0.2) is 5.78 Å². The molecule has 0 radical (unpaired) electrons. The largest absolute Gasteiger partial charge is 0.459 e. The van der Waals surface area contributed by atoms with Gasteiger partial charge < -0.3 is 4.74 Å². The van der Waals surface area contributed by atoms with Crippen LogP contribution in [-0.4, -0.2) is 17.4 Å². The van der Waals surface area contributed by atoms with Gasteiger partial charge in [0, 0.05) is 18.8 Å². The maximum atomic E-state index is 12.1. The SMILES string of the molecule is CC[C@@]1(OC(C)=O)CCC2C3C=C(C)C4=CC(=O)CC[C@]4(C)C3CC[C@@]21C. The highest BCUT2D eigenvalue weighted by atomic mass is 16.6. The smallest absolute Gasteiger partial charge is 0.303 e. The molecule has 148 valence electrons. The predicted molar refractivity (Wildman–Crippen MR) is 106 cm³/mol. The molecule has 0 heterocycles. The zero-order valence-corrected chi connectivity index (χ0v) is 17.6. The van der Waals surface area contributed by atoms with Crippen LogP contribution in [0.1, 0.15) is 79.6 Å². The molecule has 27 heavy (non-hydrogen) atoms. The van der Waals surface area contributed by atoms with Crippen molar-refractivity contribution in [1.82, 2.24) is 0 Å². The molecule has 0 aliphatic heterocycles. The van der Waals surface area contributed by atoms with E-state index in [1.54, 1.807) is 6.92 Å². The Balaban J connectivity index is 1.76. The molecule has 6 atom stereocenters. The topological polar surface area (TPSA) is 43.4 Å². The van der Waals surface area contributed by atoms with Crippen molar-refractivity contribution in [3.8, 4) is 0 Å². The lowest BCUT2D eigenvalue weighted by atomic mass is 9.47. The number of hydrogen-bond acceptors (Lipinski definition) is 3. The second-order valence-corrected chi connectivity index (χ2v) is 10.0. The summed E-state index contributed by atoms with van der Waals surface area (Å²) in [5.41, 5.74) is 2.46. The molecule has 0 aromatic carbocycles. The Morgan fingerprint density at radius 3 is 2.56 bits per heavy atom. The summed E-state index contributed by atoms with van der Waals surface area (Å²) in [5, 5.41) is 0. The predicted octanol–water partition coefficient (Wildman–Crippen LogP) is 5.40. The Hall–Kier alpha value is -1.38. The second-order valence-electron chi connectivity index (χ2n) is 10.0. The van der Waals surface area contributed by atoms with Gasteiger partial charge in [0.1, 0.15) is 5.60 Å². The number of allylic oxidation sites excluding steroid dienone is 4. The summed E-state index contributed by atoms with van der Waals surface area (Å²) in [7, 11) is 0. The van der Waals surface area contributed by atoms with E-state index in [4.69, 9.17) is 4.74 Å². The molecule has 2 saturated carbocycles. The number of fused-ring (bicyclic) bond motifs is 5. The molecule has 0 bridgehead atoms. The fourth-order valence-electron chi connectivity index (χ4n) is 7.60. The van der Waals surface area contributed by atoms with Crippen molar-refractivity contribution < 1.29 is 14.3 Å². The van der Waals surface area contributed by atoms with Gasteiger partial charge >= 0.3 is 5.97 Å². The van der Waals surface area contributed by atoms with Crippen molar-refractivity contribution in [3.05, 3.63) is 23.3 Å². The van der Waals surface area contributed by atoms with Crippen molar-refractivity contribution in [2.24, 2.45) is 28.6 Å². The molecule has 2 fully saturated rings. The molecule has 0 spiro atoms. The third-order valence-electron chi connectivity index (χ3n) is 9.03. The van der Waals surface area contributed by atoms with Gasteiger partial charge in [-0.25, -0.2) is 0 Å². The number of carbonyl (C=O) groups excluding carboxylic acids is 2. The first kappa shape index (κ1) is 19.0. The summed E-state index contributed by atoms with van der Waals surface area (Å²) in [6.07, 6.45) is 11.4. The van der Waals surface area contributed by atoms with E-state index in [1.165, 1.54) is 11.1 Å². The van der Waals surface area contributed by atoms with Crippen LogP contribution in [-0.2, 0) is 14.3 Å². The zero-order chi connectivity index (χ0) is 19.6. The van der Waals surface area contributed by atoms with E-state index in [1.807, 2.05) is 6.08 Å². The van der Waals surface area contributed by atoms with Gasteiger partial charge in [0.25, 0.3) is 0 Å². The average molecular weight is 371 g/mol. The molecule has 3 nitrogen and oxygen atoms in total. The number of hydrogen-bond donors (Lipinski definition) is 0. The zero-order valence-electron chi connectivity index (χ0n) is 17.6. The molecule has 0 saturated heterocycles. The number of carbonyl (C=O) groups is 2. The summed E-state index contributed by atoms with van der Waals surface area (Å²) < 4.78 is 6.06. The molecule has 3 heteroatoms. The van der Waals surface area contributed by atoms with Crippen LogP contribution in [0.15, 0.2) is 23.3 Å². The first-order valence-corrected chi connectivity index (χ1v) is 10.8. The number of rotatable bonds is 2. The maximum Gasteiger partial charge on any atom is 0.303 e. The molecule has 4 aliphatic carbocycles. The Morgan fingerprint density at radius 1 is 1.19 bits per heavy atom. The highest BCUT2D eigenvalue weighted by molar-refractivity contribution is 5.92. The van der Waals surface area contributed by atoms with Crippen LogP contribution in [0.3, 0.4) is 0 Å². The van der Waals surface area contributed by atoms with Gasteiger partial charge in [-0.05, 0) is 80.3 Å². The summed E-state index contributed by atoms with van der Waals surface area (Å²) >= 11 is 0. The van der Waals surface area contributed by atoms with Gasteiger partial charge in [-0.1, -0.05) is 32.4 Å². The van der Waals surface area contributed by atoms with Gasteiger partial charge in [-0.2, -0.15) is 0 Å². The Morgan fingerprint density at radius 2 is 1.89 bits per heavy atom. The molecule has 3 unspecified atom stereocenters. The number of ketones is 1. The highest BCUT2D eigenvalue weighted by Crippen LogP contribution is 2.68. The van der Waals surface area contributed by atoms with E-state index in [9.17, 15) is 9.59 Å². The third kappa shape index (κ3) is 2.46. The van der Waals surface area contributed by atoms with Crippen LogP contribution >= 0.6 is 0 Å². The van der Waals surface area contributed by atoms with Crippen LogP contribution in [0.2, 0.25) is 0 Å². The van der Waals surface area contributed by atoms with Crippen molar-refractivity contribution in [3.63, 3.8) is 0 Å². The first-order chi connectivity index (χ1) is 12.7. The number of esters is 1. The fraction of sp³-hybridized carbons (Fsp3) is 0.750. The van der Waals surface area contributed by atoms with Crippen LogP contribution in [0.25, 0.3) is 0 Å². The van der Waals surface area contributed by atoms with Crippen molar-refractivity contribution in [2.75, 3.05) is 0 Å². The highest BCUT2D eigenvalue weighted by Gasteiger charge is 2.64. The Labute approximate surface area is 163 Å². The fourth-order valence-corrected chi connectivity index (χ4v) is 7.60. The van der Waals surface area contributed by atoms with Crippen LogP contribution in [0.4, 0.5) is 0 Å². The molecule has 0 N–H and O–H groups in total. The number of ether oxygens (including phenoxy) is 1. The first-order valence-electron chi connectivity index (χ1n) is 10.8. The molecule has 0 aromatic rings. The molecule has 0 amide bonds. The van der Waals surface area contributed by atoms with E-state index < -0.39 is 0 Å². The van der Waals surface area contributed by atoms with Crippen molar-refractivity contribution in [2.45, 2.75) is 85.2 Å². The maximum absolute atomic E-state index is 12.1.